The van der Waals surface area contributed by atoms with Gasteiger partial charge in [0, 0.05) is 11.8 Å². The first-order valence-electron chi connectivity index (χ1n) is 3.33. The fourth-order valence-corrected chi connectivity index (χ4v) is 1.30. The number of carbonyl (C=O) groups excluding carboxylic acids is 1. The molecule has 0 heterocycles. The van der Waals surface area contributed by atoms with Crippen LogP contribution in [0.4, 0.5) is 0 Å². The molecule has 0 aromatic heterocycles. The van der Waals surface area contributed by atoms with Crippen molar-refractivity contribution < 1.29 is 4.79 Å². The maximum Gasteiger partial charge on any atom is 0.225 e. The Bertz CT molecular complexity index is 112. The molecule has 0 fully saturated rings. The van der Waals surface area contributed by atoms with E-state index < -0.39 is 0 Å². The van der Waals surface area contributed by atoms with E-state index in [1.807, 2.05) is 13.8 Å². The summed E-state index contributed by atoms with van der Waals surface area (Å²) in [4.78, 5) is 10.6. The van der Waals surface area contributed by atoms with Gasteiger partial charge in [-0.2, -0.15) is 0 Å². The van der Waals surface area contributed by atoms with Gasteiger partial charge < -0.3 is 0 Å². The lowest BCUT2D eigenvalue weighted by Crippen LogP contribution is -2.13. The SMILES string of the molecule is CC(C)CC(CCl)C(=O)Cl. The van der Waals surface area contributed by atoms with Crippen LogP contribution in [0.3, 0.4) is 0 Å². The van der Waals surface area contributed by atoms with Crippen LogP contribution in [-0.4, -0.2) is 11.1 Å². The molecule has 1 nitrogen and oxygen atoms in total. The highest BCUT2D eigenvalue weighted by Crippen LogP contribution is 2.15. The third-order valence-electron chi connectivity index (χ3n) is 1.26. The number of rotatable bonds is 4. The number of alkyl halides is 1. The summed E-state index contributed by atoms with van der Waals surface area (Å²) in [5, 5.41) is -0.316. The van der Waals surface area contributed by atoms with Crippen LogP contribution in [0.5, 0.6) is 0 Å². The summed E-state index contributed by atoms with van der Waals surface area (Å²) in [5.74, 6) is 0.648. The fourth-order valence-electron chi connectivity index (χ4n) is 0.785. The van der Waals surface area contributed by atoms with E-state index in [9.17, 15) is 4.79 Å². The van der Waals surface area contributed by atoms with Crippen molar-refractivity contribution in [2.75, 3.05) is 5.88 Å². The normalized spacial score (nSPS) is 13.7. The first kappa shape index (κ1) is 10.2. The molecule has 0 spiro atoms. The second-order valence-corrected chi connectivity index (χ2v) is 3.47. The molecule has 0 radical (unpaired) electrons. The Balaban J connectivity index is 3.72. The fraction of sp³-hybridized carbons (Fsp3) is 0.857. The topological polar surface area (TPSA) is 17.1 Å². The van der Waals surface area contributed by atoms with Gasteiger partial charge in [0.2, 0.25) is 5.24 Å². The first-order chi connectivity index (χ1) is 4.57. The molecule has 0 saturated heterocycles. The van der Waals surface area contributed by atoms with Gasteiger partial charge in [-0.1, -0.05) is 13.8 Å². The number of hydrogen-bond donors (Lipinski definition) is 0. The smallest absolute Gasteiger partial charge is 0.225 e. The molecule has 0 aromatic rings. The van der Waals surface area contributed by atoms with Crippen molar-refractivity contribution in [1.82, 2.24) is 0 Å². The largest absolute Gasteiger partial charge is 0.281 e. The predicted molar refractivity (Wildman–Crippen MR) is 44.5 cm³/mol. The average Bonchev–Trinajstić information content (AvgIpc) is 1.81. The van der Waals surface area contributed by atoms with Crippen LogP contribution in [0.15, 0.2) is 0 Å². The van der Waals surface area contributed by atoms with Gasteiger partial charge in [-0.3, -0.25) is 4.79 Å². The summed E-state index contributed by atoms with van der Waals surface area (Å²) >= 11 is 10.8. The maximum absolute atomic E-state index is 10.6. The molecule has 60 valence electrons. The molecule has 0 rings (SSSR count). The molecule has 1 unspecified atom stereocenters. The Kier molecular flexibility index (Phi) is 5.10. The molecule has 3 heteroatoms. The molecule has 0 aliphatic rings. The van der Waals surface area contributed by atoms with Crippen molar-refractivity contribution >= 4 is 28.4 Å². The minimum Gasteiger partial charge on any atom is -0.281 e. The van der Waals surface area contributed by atoms with Crippen LogP contribution >= 0.6 is 23.2 Å². The van der Waals surface area contributed by atoms with Gasteiger partial charge in [0.25, 0.3) is 0 Å². The minimum absolute atomic E-state index is 0.164. The summed E-state index contributed by atoms with van der Waals surface area (Å²) in [6.45, 7) is 4.08. The highest BCUT2D eigenvalue weighted by Gasteiger charge is 2.15. The van der Waals surface area contributed by atoms with Crippen molar-refractivity contribution in [3.8, 4) is 0 Å². The third kappa shape index (κ3) is 4.13. The van der Waals surface area contributed by atoms with E-state index >= 15 is 0 Å². The molecule has 0 amide bonds. The molecule has 1 atom stereocenters. The van der Waals surface area contributed by atoms with Crippen molar-refractivity contribution in [3.63, 3.8) is 0 Å². The maximum atomic E-state index is 10.6. The lowest BCUT2D eigenvalue weighted by molar-refractivity contribution is -0.114. The lowest BCUT2D eigenvalue weighted by atomic mass is 10.0. The monoisotopic (exact) mass is 182 g/mol. The average molecular weight is 183 g/mol. The van der Waals surface area contributed by atoms with Crippen LogP contribution in [0.25, 0.3) is 0 Å². The molecule has 0 saturated carbocycles. The molecule has 0 bridgehead atoms. The van der Waals surface area contributed by atoms with Crippen molar-refractivity contribution in [2.45, 2.75) is 20.3 Å². The summed E-state index contributed by atoms with van der Waals surface area (Å²) < 4.78 is 0. The van der Waals surface area contributed by atoms with Crippen molar-refractivity contribution in [2.24, 2.45) is 11.8 Å². The zero-order chi connectivity index (χ0) is 8.15. The number of hydrogen-bond acceptors (Lipinski definition) is 1. The highest BCUT2D eigenvalue weighted by atomic mass is 35.5. The predicted octanol–water partition coefficient (Wildman–Crippen LogP) is 2.65. The summed E-state index contributed by atoms with van der Waals surface area (Å²) in [6, 6.07) is 0. The van der Waals surface area contributed by atoms with Crippen LogP contribution in [0.2, 0.25) is 0 Å². The highest BCUT2D eigenvalue weighted by molar-refractivity contribution is 6.64. The van der Waals surface area contributed by atoms with Gasteiger partial charge in [0.1, 0.15) is 0 Å². The zero-order valence-electron chi connectivity index (χ0n) is 6.23. The summed E-state index contributed by atoms with van der Waals surface area (Å²) in [6.07, 6.45) is 0.784. The van der Waals surface area contributed by atoms with Gasteiger partial charge in [-0.05, 0) is 23.9 Å². The van der Waals surface area contributed by atoms with Gasteiger partial charge in [0.15, 0.2) is 0 Å². The Morgan fingerprint density at radius 2 is 2.00 bits per heavy atom. The third-order valence-corrected chi connectivity index (χ3v) is 1.94. The van der Waals surface area contributed by atoms with Crippen molar-refractivity contribution in [1.29, 1.82) is 0 Å². The second-order valence-electron chi connectivity index (χ2n) is 2.78. The van der Waals surface area contributed by atoms with E-state index in [1.165, 1.54) is 0 Å². The van der Waals surface area contributed by atoms with Crippen LogP contribution in [0.1, 0.15) is 20.3 Å². The standard InChI is InChI=1S/C7H12Cl2O/c1-5(2)3-6(4-8)7(9)10/h5-6H,3-4H2,1-2H3. The Labute approximate surface area is 71.7 Å². The molecule has 0 N–H and O–H groups in total. The van der Waals surface area contributed by atoms with E-state index in [2.05, 4.69) is 0 Å². The van der Waals surface area contributed by atoms with Crippen molar-refractivity contribution in [3.05, 3.63) is 0 Å². The van der Waals surface area contributed by atoms with E-state index in [-0.39, 0.29) is 11.2 Å². The summed E-state index contributed by atoms with van der Waals surface area (Å²) in [5.41, 5.74) is 0. The zero-order valence-corrected chi connectivity index (χ0v) is 7.74. The van der Waals surface area contributed by atoms with E-state index in [4.69, 9.17) is 23.2 Å². The molecule has 0 aromatic carbocycles. The van der Waals surface area contributed by atoms with Gasteiger partial charge in [-0.15, -0.1) is 11.6 Å². The van der Waals surface area contributed by atoms with E-state index in [0.29, 0.717) is 11.8 Å². The lowest BCUT2D eigenvalue weighted by Gasteiger charge is -2.10. The van der Waals surface area contributed by atoms with Crippen LogP contribution < -0.4 is 0 Å². The number of carbonyl (C=O) groups is 1. The number of halogens is 2. The van der Waals surface area contributed by atoms with Crippen LogP contribution in [-0.2, 0) is 4.79 Å². The quantitative estimate of drug-likeness (QED) is 0.483. The first-order valence-corrected chi connectivity index (χ1v) is 4.24. The van der Waals surface area contributed by atoms with E-state index in [1.54, 1.807) is 0 Å². The van der Waals surface area contributed by atoms with Gasteiger partial charge in [-0.25, -0.2) is 0 Å². The van der Waals surface area contributed by atoms with E-state index in [0.717, 1.165) is 6.42 Å². The minimum atomic E-state index is -0.316. The molecule has 10 heavy (non-hydrogen) atoms. The van der Waals surface area contributed by atoms with Gasteiger partial charge >= 0.3 is 0 Å². The molecule has 0 aliphatic heterocycles. The second kappa shape index (κ2) is 4.97. The summed E-state index contributed by atoms with van der Waals surface area (Å²) in [7, 11) is 0. The molecule has 0 aliphatic carbocycles. The Morgan fingerprint density at radius 3 is 2.10 bits per heavy atom. The van der Waals surface area contributed by atoms with Crippen LogP contribution in [0, 0.1) is 11.8 Å². The molecular weight excluding hydrogens is 171 g/mol. The Morgan fingerprint density at radius 1 is 1.50 bits per heavy atom. The van der Waals surface area contributed by atoms with Gasteiger partial charge in [0.05, 0.1) is 0 Å². The Hall–Kier alpha value is 0.250. The molecular formula is C7H12Cl2O.